The average molecular weight is 277 g/mol. The van der Waals surface area contributed by atoms with Crippen molar-refractivity contribution in [1.82, 2.24) is 4.90 Å². The van der Waals surface area contributed by atoms with Gasteiger partial charge in [0.05, 0.1) is 6.54 Å². The lowest BCUT2D eigenvalue weighted by atomic mass is 9.99. The van der Waals surface area contributed by atoms with E-state index in [1.165, 1.54) is 16.7 Å². The van der Waals surface area contributed by atoms with E-state index in [0.29, 0.717) is 13.0 Å². The van der Waals surface area contributed by atoms with Gasteiger partial charge >= 0.3 is 0 Å². The van der Waals surface area contributed by atoms with E-state index in [9.17, 15) is 4.79 Å². The summed E-state index contributed by atoms with van der Waals surface area (Å²) < 4.78 is 0. The van der Waals surface area contributed by atoms with Crippen LogP contribution in [0.15, 0.2) is 72.4 Å². The zero-order valence-corrected chi connectivity index (χ0v) is 12.0. The van der Waals surface area contributed by atoms with Crippen molar-refractivity contribution in [3.8, 4) is 0 Å². The van der Waals surface area contributed by atoms with Crippen molar-refractivity contribution in [2.75, 3.05) is 0 Å². The summed E-state index contributed by atoms with van der Waals surface area (Å²) in [4.78, 5) is 13.9. The fourth-order valence-electron chi connectivity index (χ4n) is 2.67. The Labute approximate surface area is 125 Å². The molecule has 0 aromatic heterocycles. The van der Waals surface area contributed by atoms with Crippen molar-refractivity contribution in [2.24, 2.45) is 0 Å². The van der Waals surface area contributed by atoms with E-state index >= 15 is 0 Å². The fraction of sp³-hybridized carbons (Fsp3) is 0.211. The topological polar surface area (TPSA) is 20.3 Å². The van der Waals surface area contributed by atoms with E-state index in [1.54, 1.807) is 0 Å². The number of benzene rings is 2. The average Bonchev–Trinajstić information content (AvgIpc) is 2.53. The second-order valence-corrected chi connectivity index (χ2v) is 5.46. The van der Waals surface area contributed by atoms with Crippen LogP contribution in [0.2, 0.25) is 0 Å². The Hall–Kier alpha value is -2.35. The van der Waals surface area contributed by atoms with E-state index in [4.69, 9.17) is 0 Å². The minimum absolute atomic E-state index is 0.218. The molecule has 1 aliphatic heterocycles. The van der Waals surface area contributed by atoms with Gasteiger partial charge in [-0.3, -0.25) is 4.79 Å². The molecule has 21 heavy (non-hydrogen) atoms. The van der Waals surface area contributed by atoms with E-state index in [0.717, 1.165) is 12.8 Å². The Morgan fingerprint density at radius 1 is 0.810 bits per heavy atom. The van der Waals surface area contributed by atoms with Crippen molar-refractivity contribution < 1.29 is 4.79 Å². The van der Waals surface area contributed by atoms with Crippen LogP contribution in [0.25, 0.3) is 0 Å². The molecule has 3 rings (SSSR count). The summed E-state index contributed by atoms with van der Waals surface area (Å²) in [7, 11) is 0. The van der Waals surface area contributed by atoms with Crippen LogP contribution >= 0.6 is 0 Å². The molecule has 0 spiro atoms. The molecule has 1 amide bonds. The third-order valence-electron chi connectivity index (χ3n) is 3.79. The normalized spacial score (nSPS) is 15.0. The second kappa shape index (κ2) is 6.40. The molecule has 106 valence electrons. The van der Waals surface area contributed by atoms with Gasteiger partial charge in [-0.05, 0) is 29.5 Å². The van der Waals surface area contributed by atoms with E-state index in [-0.39, 0.29) is 5.91 Å². The molecule has 0 radical (unpaired) electrons. The van der Waals surface area contributed by atoms with E-state index in [2.05, 4.69) is 36.4 Å². The first kappa shape index (κ1) is 13.6. The summed E-state index contributed by atoms with van der Waals surface area (Å²) in [5.74, 6) is 0.218. The van der Waals surface area contributed by atoms with Gasteiger partial charge in [-0.15, -0.1) is 0 Å². The van der Waals surface area contributed by atoms with Crippen LogP contribution in [0.4, 0.5) is 0 Å². The zero-order valence-electron chi connectivity index (χ0n) is 12.0. The summed E-state index contributed by atoms with van der Waals surface area (Å²) in [5, 5.41) is 0. The van der Waals surface area contributed by atoms with Crippen molar-refractivity contribution in [3.05, 3.63) is 83.6 Å². The predicted molar refractivity (Wildman–Crippen MR) is 84.5 cm³/mol. The molecule has 0 saturated carbocycles. The largest absolute Gasteiger partial charge is 0.315 e. The molecule has 2 aromatic rings. The summed E-state index contributed by atoms with van der Waals surface area (Å²) in [6.07, 6.45) is 4.47. The summed E-state index contributed by atoms with van der Waals surface area (Å²) in [6, 6.07) is 20.6. The van der Waals surface area contributed by atoms with Gasteiger partial charge in [0.2, 0.25) is 5.91 Å². The predicted octanol–water partition coefficient (Wildman–Crippen LogP) is 3.94. The van der Waals surface area contributed by atoms with Gasteiger partial charge in [0.25, 0.3) is 0 Å². The standard InChI is InChI=1S/C19H19NO/c21-19-12-11-18(13-16-7-3-1-4-8-16)15-20(19)14-17-9-5-2-6-10-17/h1-10,15H,11-14H2. The highest BCUT2D eigenvalue weighted by atomic mass is 16.2. The number of allylic oxidation sites excluding steroid dienone is 1. The highest BCUT2D eigenvalue weighted by Gasteiger charge is 2.18. The van der Waals surface area contributed by atoms with E-state index < -0.39 is 0 Å². The highest BCUT2D eigenvalue weighted by Crippen LogP contribution is 2.21. The maximum atomic E-state index is 12.1. The molecule has 2 heteroatoms. The maximum Gasteiger partial charge on any atom is 0.227 e. The second-order valence-electron chi connectivity index (χ2n) is 5.46. The number of nitrogens with zero attached hydrogens (tertiary/aromatic N) is 1. The Balaban J connectivity index is 1.73. The molecule has 0 bridgehead atoms. The number of hydrogen-bond acceptors (Lipinski definition) is 1. The monoisotopic (exact) mass is 277 g/mol. The van der Waals surface area contributed by atoms with Crippen LogP contribution in [0.1, 0.15) is 24.0 Å². The van der Waals surface area contributed by atoms with E-state index in [1.807, 2.05) is 35.4 Å². The Bertz CT molecular complexity index is 631. The molecule has 1 aliphatic rings. The van der Waals surface area contributed by atoms with Crippen LogP contribution in [0, 0.1) is 0 Å². The first-order valence-corrected chi connectivity index (χ1v) is 7.38. The molecule has 0 aliphatic carbocycles. The van der Waals surface area contributed by atoms with Crippen LogP contribution in [-0.4, -0.2) is 10.8 Å². The first-order chi connectivity index (χ1) is 10.3. The van der Waals surface area contributed by atoms with Crippen molar-refractivity contribution in [1.29, 1.82) is 0 Å². The van der Waals surface area contributed by atoms with Gasteiger partial charge in [-0.1, -0.05) is 60.7 Å². The quantitative estimate of drug-likeness (QED) is 0.829. The number of carbonyl (C=O) groups excluding carboxylic acids is 1. The van der Waals surface area contributed by atoms with Gasteiger partial charge in [0.1, 0.15) is 0 Å². The van der Waals surface area contributed by atoms with Crippen molar-refractivity contribution in [3.63, 3.8) is 0 Å². The molecular formula is C19H19NO. The van der Waals surface area contributed by atoms with Crippen LogP contribution in [0.5, 0.6) is 0 Å². The van der Waals surface area contributed by atoms with Gasteiger partial charge < -0.3 is 4.90 Å². The number of rotatable bonds is 4. The molecule has 1 heterocycles. The maximum absolute atomic E-state index is 12.1. The molecular weight excluding hydrogens is 258 g/mol. The zero-order chi connectivity index (χ0) is 14.5. The minimum Gasteiger partial charge on any atom is -0.315 e. The number of amides is 1. The number of hydrogen-bond donors (Lipinski definition) is 0. The summed E-state index contributed by atoms with van der Waals surface area (Å²) in [6.45, 7) is 0.665. The molecule has 0 N–H and O–H groups in total. The van der Waals surface area contributed by atoms with Crippen LogP contribution in [-0.2, 0) is 17.8 Å². The summed E-state index contributed by atoms with van der Waals surface area (Å²) >= 11 is 0. The van der Waals surface area contributed by atoms with Gasteiger partial charge in [0.15, 0.2) is 0 Å². The lowest BCUT2D eigenvalue weighted by Crippen LogP contribution is -2.29. The Kier molecular flexibility index (Phi) is 4.15. The fourth-order valence-corrected chi connectivity index (χ4v) is 2.67. The Morgan fingerprint density at radius 3 is 2.10 bits per heavy atom. The summed E-state index contributed by atoms with van der Waals surface area (Å²) in [5.41, 5.74) is 3.80. The van der Waals surface area contributed by atoms with Gasteiger partial charge in [0, 0.05) is 12.6 Å². The van der Waals surface area contributed by atoms with Crippen molar-refractivity contribution >= 4 is 5.91 Å². The van der Waals surface area contributed by atoms with Crippen molar-refractivity contribution in [2.45, 2.75) is 25.8 Å². The molecule has 0 unspecified atom stereocenters. The van der Waals surface area contributed by atoms with Crippen LogP contribution < -0.4 is 0 Å². The first-order valence-electron chi connectivity index (χ1n) is 7.38. The van der Waals surface area contributed by atoms with Gasteiger partial charge in [-0.2, -0.15) is 0 Å². The molecule has 2 aromatic carbocycles. The highest BCUT2D eigenvalue weighted by molar-refractivity contribution is 5.78. The molecule has 0 saturated heterocycles. The Morgan fingerprint density at radius 2 is 1.43 bits per heavy atom. The third-order valence-corrected chi connectivity index (χ3v) is 3.79. The number of carbonyl (C=O) groups is 1. The lowest BCUT2D eigenvalue weighted by Gasteiger charge is -2.25. The third kappa shape index (κ3) is 3.60. The SMILES string of the molecule is O=C1CCC(Cc2ccccc2)=CN1Cc1ccccc1. The lowest BCUT2D eigenvalue weighted by molar-refractivity contribution is -0.129. The molecule has 0 atom stereocenters. The minimum atomic E-state index is 0.218. The van der Waals surface area contributed by atoms with Crippen LogP contribution in [0.3, 0.4) is 0 Å². The smallest absolute Gasteiger partial charge is 0.227 e. The van der Waals surface area contributed by atoms with Gasteiger partial charge in [-0.25, -0.2) is 0 Å². The molecule has 2 nitrogen and oxygen atoms in total. The molecule has 0 fully saturated rings.